The fourth-order valence-electron chi connectivity index (χ4n) is 2.84. The van der Waals surface area contributed by atoms with Gasteiger partial charge in [0, 0.05) is 12.6 Å². The number of methoxy groups -OCH3 is 1. The van der Waals surface area contributed by atoms with Crippen molar-refractivity contribution in [3.8, 4) is 11.5 Å². The van der Waals surface area contributed by atoms with Crippen molar-refractivity contribution in [2.24, 2.45) is 0 Å². The van der Waals surface area contributed by atoms with Crippen LogP contribution in [0.1, 0.15) is 23.6 Å². The van der Waals surface area contributed by atoms with E-state index in [9.17, 15) is 0 Å². The number of para-hydroxylation sites is 1. The molecule has 3 heteroatoms. The first kappa shape index (κ1) is 14.0. The molecular formula is C18H21NO2. The van der Waals surface area contributed by atoms with Gasteiger partial charge < -0.3 is 14.8 Å². The van der Waals surface area contributed by atoms with Crippen LogP contribution >= 0.6 is 0 Å². The van der Waals surface area contributed by atoms with Gasteiger partial charge in [-0.1, -0.05) is 24.3 Å². The van der Waals surface area contributed by atoms with Crippen LogP contribution in [-0.2, 0) is 6.42 Å². The Balaban J connectivity index is 1.51. The van der Waals surface area contributed by atoms with Gasteiger partial charge in [0.2, 0.25) is 0 Å². The standard InChI is InChI=1S/C18H21NO2/c1-20-16-9-7-14-8-10-18(17(14)13-16)19-11-12-21-15-5-3-2-4-6-15/h2-7,9,13,18-19H,8,10-12H2,1H3. The van der Waals surface area contributed by atoms with E-state index in [0.717, 1.165) is 30.9 Å². The Bertz CT molecular complexity index is 583. The Morgan fingerprint density at radius 3 is 2.76 bits per heavy atom. The maximum Gasteiger partial charge on any atom is 0.119 e. The second-order valence-electron chi connectivity index (χ2n) is 5.27. The number of aryl methyl sites for hydroxylation is 1. The molecule has 0 saturated carbocycles. The summed E-state index contributed by atoms with van der Waals surface area (Å²) in [4.78, 5) is 0. The quantitative estimate of drug-likeness (QED) is 0.825. The van der Waals surface area contributed by atoms with E-state index in [1.54, 1.807) is 7.11 Å². The molecule has 0 bridgehead atoms. The van der Waals surface area contributed by atoms with E-state index in [4.69, 9.17) is 9.47 Å². The van der Waals surface area contributed by atoms with Crippen molar-refractivity contribution >= 4 is 0 Å². The van der Waals surface area contributed by atoms with Gasteiger partial charge in [-0.2, -0.15) is 0 Å². The number of hydrogen-bond acceptors (Lipinski definition) is 3. The Hall–Kier alpha value is -2.00. The van der Waals surface area contributed by atoms with Crippen molar-refractivity contribution in [2.45, 2.75) is 18.9 Å². The lowest BCUT2D eigenvalue weighted by molar-refractivity contribution is 0.305. The summed E-state index contributed by atoms with van der Waals surface area (Å²) in [5.41, 5.74) is 2.80. The molecule has 0 amide bonds. The summed E-state index contributed by atoms with van der Waals surface area (Å²) < 4.78 is 11.0. The van der Waals surface area contributed by atoms with Crippen LogP contribution in [0.25, 0.3) is 0 Å². The molecule has 0 fully saturated rings. The minimum atomic E-state index is 0.412. The minimum Gasteiger partial charge on any atom is -0.497 e. The van der Waals surface area contributed by atoms with Crippen molar-refractivity contribution in [1.29, 1.82) is 0 Å². The van der Waals surface area contributed by atoms with Gasteiger partial charge in [-0.3, -0.25) is 0 Å². The fourth-order valence-corrected chi connectivity index (χ4v) is 2.84. The second kappa shape index (κ2) is 6.64. The number of hydrogen-bond donors (Lipinski definition) is 1. The average Bonchev–Trinajstić information content (AvgIpc) is 2.95. The van der Waals surface area contributed by atoms with Crippen LogP contribution in [0.3, 0.4) is 0 Å². The van der Waals surface area contributed by atoms with Crippen molar-refractivity contribution in [2.75, 3.05) is 20.3 Å². The van der Waals surface area contributed by atoms with Crippen molar-refractivity contribution < 1.29 is 9.47 Å². The molecule has 2 aromatic rings. The number of fused-ring (bicyclic) bond motifs is 1. The molecule has 0 spiro atoms. The lowest BCUT2D eigenvalue weighted by atomic mass is 10.1. The van der Waals surface area contributed by atoms with Crippen LogP contribution in [0, 0.1) is 0 Å². The molecule has 0 radical (unpaired) electrons. The predicted octanol–water partition coefficient (Wildman–Crippen LogP) is 3.35. The number of ether oxygens (including phenoxy) is 2. The van der Waals surface area contributed by atoms with Crippen LogP contribution in [0.4, 0.5) is 0 Å². The number of benzene rings is 2. The van der Waals surface area contributed by atoms with Gasteiger partial charge in [0.05, 0.1) is 7.11 Å². The lowest BCUT2D eigenvalue weighted by Gasteiger charge is -2.15. The highest BCUT2D eigenvalue weighted by Crippen LogP contribution is 2.33. The Morgan fingerprint density at radius 1 is 1.10 bits per heavy atom. The molecule has 21 heavy (non-hydrogen) atoms. The van der Waals surface area contributed by atoms with Crippen LogP contribution in [0.5, 0.6) is 11.5 Å². The van der Waals surface area contributed by atoms with E-state index in [2.05, 4.69) is 17.4 Å². The third kappa shape index (κ3) is 3.37. The summed E-state index contributed by atoms with van der Waals surface area (Å²) in [6.45, 7) is 1.52. The Kier molecular flexibility index (Phi) is 4.41. The monoisotopic (exact) mass is 283 g/mol. The molecule has 0 aromatic heterocycles. The molecule has 110 valence electrons. The zero-order valence-electron chi connectivity index (χ0n) is 12.3. The maximum atomic E-state index is 5.71. The van der Waals surface area contributed by atoms with E-state index in [1.807, 2.05) is 36.4 Å². The zero-order valence-corrected chi connectivity index (χ0v) is 12.3. The largest absolute Gasteiger partial charge is 0.497 e. The molecule has 1 N–H and O–H groups in total. The van der Waals surface area contributed by atoms with Crippen LogP contribution in [0.2, 0.25) is 0 Å². The topological polar surface area (TPSA) is 30.5 Å². The van der Waals surface area contributed by atoms with Gasteiger partial charge in [-0.05, 0) is 48.2 Å². The van der Waals surface area contributed by atoms with Gasteiger partial charge in [-0.15, -0.1) is 0 Å². The summed E-state index contributed by atoms with van der Waals surface area (Å²) in [6.07, 6.45) is 2.28. The van der Waals surface area contributed by atoms with E-state index >= 15 is 0 Å². The average molecular weight is 283 g/mol. The van der Waals surface area contributed by atoms with Gasteiger partial charge in [0.15, 0.2) is 0 Å². The van der Waals surface area contributed by atoms with Crippen molar-refractivity contribution in [1.82, 2.24) is 5.32 Å². The highest BCUT2D eigenvalue weighted by molar-refractivity contribution is 5.40. The molecule has 0 heterocycles. The third-order valence-electron chi connectivity index (χ3n) is 3.94. The molecule has 2 aromatic carbocycles. The predicted molar refractivity (Wildman–Crippen MR) is 84.0 cm³/mol. The van der Waals surface area contributed by atoms with Gasteiger partial charge >= 0.3 is 0 Å². The first-order valence-electron chi connectivity index (χ1n) is 7.45. The summed E-state index contributed by atoms with van der Waals surface area (Å²) in [6, 6.07) is 16.7. The first-order chi connectivity index (χ1) is 10.4. The normalized spacial score (nSPS) is 16.5. The van der Waals surface area contributed by atoms with Gasteiger partial charge in [-0.25, -0.2) is 0 Å². The molecular weight excluding hydrogens is 262 g/mol. The highest BCUT2D eigenvalue weighted by Gasteiger charge is 2.22. The number of rotatable bonds is 6. The van der Waals surface area contributed by atoms with E-state index in [0.29, 0.717) is 12.6 Å². The molecule has 1 aliphatic rings. The highest BCUT2D eigenvalue weighted by atomic mass is 16.5. The zero-order chi connectivity index (χ0) is 14.5. The Morgan fingerprint density at radius 2 is 1.95 bits per heavy atom. The van der Waals surface area contributed by atoms with E-state index in [1.165, 1.54) is 11.1 Å². The lowest BCUT2D eigenvalue weighted by Crippen LogP contribution is -2.24. The summed E-state index contributed by atoms with van der Waals surface area (Å²) in [5.74, 6) is 1.86. The first-order valence-corrected chi connectivity index (χ1v) is 7.45. The van der Waals surface area contributed by atoms with Crippen molar-refractivity contribution in [3.05, 3.63) is 59.7 Å². The molecule has 1 atom stereocenters. The van der Waals surface area contributed by atoms with Crippen molar-refractivity contribution in [3.63, 3.8) is 0 Å². The third-order valence-corrected chi connectivity index (χ3v) is 3.94. The molecule has 3 rings (SSSR count). The van der Waals surface area contributed by atoms with Crippen LogP contribution < -0.4 is 14.8 Å². The number of nitrogens with one attached hydrogen (secondary N) is 1. The van der Waals surface area contributed by atoms with Gasteiger partial charge in [0.1, 0.15) is 18.1 Å². The van der Waals surface area contributed by atoms with E-state index < -0.39 is 0 Å². The Labute approximate surface area is 125 Å². The minimum absolute atomic E-state index is 0.412. The summed E-state index contributed by atoms with van der Waals surface area (Å²) >= 11 is 0. The molecule has 1 aliphatic carbocycles. The molecule has 3 nitrogen and oxygen atoms in total. The van der Waals surface area contributed by atoms with Crippen LogP contribution in [0.15, 0.2) is 48.5 Å². The van der Waals surface area contributed by atoms with Crippen LogP contribution in [-0.4, -0.2) is 20.3 Å². The fraction of sp³-hybridized carbons (Fsp3) is 0.333. The second-order valence-corrected chi connectivity index (χ2v) is 5.27. The smallest absolute Gasteiger partial charge is 0.119 e. The molecule has 0 saturated heterocycles. The summed E-state index contributed by atoms with van der Waals surface area (Å²) in [7, 11) is 1.72. The molecule has 0 aliphatic heterocycles. The van der Waals surface area contributed by atoms with E-state index in [-0.39, 0.29) is 0 Å². The summed E-state index contributed by atoms with van der Waals surface area (Å²) in [5, 5.41) is 3.58. The maximum absolute atomic E-state index is 5.71. The molecule has 1 unspecified atom stereocenters. The van der Waals surface area contributed by atoms with Gasteiger partial charge in [0.25, 0.3) is 0 Å². The SMILES string of the molecule is COc1ccc2c(c1)C(NCCOc1ccccc1)CC2.